The van der Waals surface area contributed by atoms with Gasteiger partial charge in [0.15, 0.2) is 0 Å². The molecule has 1 aromatic carbocycles. The summed E-state index contributed by atoms with van der Waals surface area (Å²) in [5, 5.41) is 2.47. The molecule has 2 aromatic heterocycles. The molecule has 34 heavy (non-hydrogen) atoms. The van der Waals surface area contributed by atoms with Crippen molar-refractivity contribution in [1.82, 2.24) is 20.3 Å². The second kappa shape index (κ2) is 10.6. The van der Waals surface area contributed by atoms with E-state index in [2.05, 4.69) is 25.0 Å². The standard InChI is InChI=1S/C24H27N5O4S/c1-2-33-23-16-25-15-22(28-23)17-7-9-18(10-8-17)24(30)27-14-20-13-19(11-12-26-20)29-34(31,32)21-5-3-4-6-21/h7-13,15-16,21H,2-6,14H2,1H3,(H,26,29)(H,27,30). The fourth-order valence-corrected chi connectivity index (χ4v) is 5.43. The minimum Gasteiger partial charge on any atom is -0.477 e. The van der Waals surface area contributed by atoms with Gasteiger partial charge < -0.3 is 10.1 Å². The number of amides is 1. The van der Waals surface area contributed by atoms with E-state index < -0.39 is 10.0 Å². The van der Waals surface area contributed by atoms with E-state index in [1.807, 2.05) is 6.92 Å². The molecule has 1 saturated carbocycles. The number of hydrogen-bond donors (Lipinski definition) is 2. The van der Waals surface area contributed by atoms with Gasteiger partial charge in [-0.15, -0.1) is 0 Å². The highest BCUT2D eigenvalue weighted by atomic mass is 32.2. The smallest absolute Gasteiger partial charge is 0.251 e. The average molecular weight is 482 g/mol. The van der Waals surface area contributed by atoms with Crippen molar-refractivity contribution in [3.05, 3.63) is 66.2 Å². The maximum Gasteiger partial charge on any atom is 0.251 e. The largest absolute Gasteiger partial charge is 0.477 e. The van der Waals surface area contributed by atoms with Crippen LogP contribution in [0.3, 0.4) is 0 Å². The summed E-state index contributed by atoms with van der Waals surface area (Å²) in [6.45, 7) is 2.55. The van der Waals surface area contributed by atoms with Crippen LogP contribution in [-0.2, 0) is 16.6 Å². The number of sulfonamides is 1. The third kappa shape index (κ3) is 5.88. The predicted octanol–water partition coefficient (Wildman–Crippen LogP) is 3.55. The number of carbonyl (C=O) groups is 1. The van der Waals surface area contributed by atoms with Gasteiger partial charge >= 0.3 is 0 Å². The summed E-state index contributed by atoms with van der Waals surface area (Å²) in [5.41, 5.74) is 2.95. The van der Waals surface area contributed by atoms with Crippen molar-refractivity contribution in [1.29, 1.82) is 0 Å². The summed E-state index contributed by atoms with van der Waals surface area (Å²) in [4.78, 5) is 25.4. The zero-order valence-corrected chi connectivity index (χ0v) is 19.7. The number of benzene rings is 1. The van der Waals surface area contributed by atoms with Gasteiger partial charge in [0.25, 0.3) is 5.91 Å². The molecule has 3 aromatic rings. The van der Waals surface area contributed by atoms with Crippen LogP contribution in [0.5, 0.6) is 5.88 Å². The zero-order valence-electron chi connectivity index (χ0n) is 18.9. The van der Waals surface area contributed by atoms with Gasteiger partial charge in [-0.3, -0.25) is 19.5 Å². The van der Waals surface area contributed by atoms with Crippen molar-refractivity contribution < 1.29 is 17.9 Å². The van der Waals surface area contributed by atoms with Crippen LogP contribution in [0.4, 0.5) is 5.69 Å². The molecular formula is C24H27N5O4S. The lowest BCUT2D eigenvalue weighted by Crippen LogP contribution is -2.26. The maximum absolute atomic E-state index is 12.6. The van der Waals surface area contributed by atoms with Gasteiger partial charge in [0.05, 0.1) is 47.9 Å². The number of anilines is 1. The summed E-state index contributed by atoms with van der Waals surface area (Å²) in [6.07, 6.45) is 7.97. The number of ether oxygens (including phenoxy) is 1. The lowest BCUT2D eigenvalue weighted by atomic mass is 10.1. The Balaban J connectivity index is 1.36. The fourth-order valence-electron chi connectivity index (χ4n) is 3.85. The van der Waals surface area contributed by atoms with Crippen LogP contribution >= 0.6 is 0 Å². The molecule has 0 spiro atoms. The minimum atomic E-state index is -3.42. The summed E-state index contributed by atoms with van der Waals surface area (Å²) in [6, 6.07) is 10.3. The fraction of sp³-hybridized carbons (Fsp3) is 0.333. The van der Waals surface area contributed by atoms with Gasteiger partial charge in [0.2, 0.25) is 15.9 Å². The van der Waals surface area contributed by atoms with Crippen molar-refractivity contribution in [2.24, 2.45) is 0 Å². The van der Waals surface area contributed by atoms with Gasteiger partial charge in [-0.1, -0.05) is 25.0 Å². The molecule has 1 fully saturated rings. The highest BCUT2D eigenvalue weighted by Crippen LogP contribution is 2.26. The van der Waals surface area contributed by atoms with Crippen LogP contribution in [0.1, 0.15) is 48.7 Å². The Kier molecular flexibility index (Phi) is 7.36. The molecule has 0 bridgehead atoms. The first-order chi connectivity index (χ1) is 16.4. The van der Waals surface area contributed by atoms with E-state index in [1.165, 1.54) is 6.20 Å². The molecule has 0 radical (unpaired) electrons. The Morgan fingerprint density at radius 2 is 1.88 bits per heavy atom. The molecule has 178 valence electrons. The molecule has 1 aliphatic rings. The van der Waals surface area contributed by atoms with E-state index in [0.717, 1.165) is 18.4 Å². The van der Waals surface area contributed by atoms with Gasteiger partial charge in [-0.05, 0) is 44.0 Å². The molecule has 1 aliphatic carbocycles. The summed E-state index contributed by atoms with van der Waals surface area (Å²) >= 11 is 0. The lowest BCUT2D eigenvalue weighted by molar-refractivity contribution is 0.0950. The molecule has 4 rings (SSSR count). The lowest BCUT2D eigenvalue weighted by Gasteiger charge is -2.14. The molecular weight excluding hydrogens is 454 g/mol. The van der Waals surface area contributed by atoms with E-state index in [9.17, 15) is 13.2 Å². The van der Waals surface area contributed by atoms with Crippen molar-refractivity contribution in [3.8, 4) is 17.1 Å². The van der Waals surface area contributed by atoms with Crippen LogP contribution in [0.2, 0.25) is 0 Å². The van der Waals surface area contributed by atoms with E-state index in [-0.39, 0.29) is 17.7 Å². The van der Waals surface area contributed by atoms with Crippen LogP contribution < -0.4 is 14.8 Å². The van der Waals surface area contributed by atoms with Crippen LogP contribution in [0, 0.1) is 0 Å². The maximum atomic E-state index is 12.6. The molecule has 2 heterocycles. The average Bonchev–Trinajstić information content (AvgIpc) is 3.39. The third-order valence-electron chi connectivity index (χ3n) is 5.60. The van der Waals surface area contributed by atoms with Crippen LogP contribution in [0.15, 0.2) is 55.0 Å². The normalized spacial score (nSPS) is 14.0. The molecule has 0 saturated heterocycles. The third-order valence-corrected chi connectivity index (χ3v) is 7.46. The number of carbonyl (C=O) groups excluding carboxylic acids is 1. The van der Waals surface area contributed by atoms with E-state index >= 15 is 0 Å². The second-order valence-corrected chi connectivity index (χ2v) is 9.99. The van der Waals surface area contributed by atoms with Crippen molar-refractivity contribution >= 4 is 21.6 Å². The number of nitrogens with zero attached hydrogens (tertiary/aromatic N) is 3. The Labute approximate surface area is 199 Å². The molecule has 10 heteroatoms. The SMILES string of the molecule is CCOc1cncc(-c2ccc(C(=O)NCc3cc(NS(=O)(=O)C4CCCC4)ccn3)cc2)n1. The van der Waals surface area contributed by atoms with Crippen molar-refractivity contribution in [2.45, 2.75) is 44.4 Å². The molecule has 0 unspecified atom stereocenters. The van der Waals surface area contributed by atoms with Gasteiger partial charge in [0, 0.05) is 17.3 Å². The summed E-state index contributed by atoms with van der Waals surface area (Å²) in [7, 11) is -3.42. The zero-order chi connectivity index (χ0) is 24.0. The van der Waals surface area contributed by atoms with Crippen molar-refractivity contribution in [2.75, 3.05) is 11.3 Å². The molecule has 1 amide bonds. The first kappa shape index (κ1) is 23.6. The van der Waals surface area contributed by atoms with Gasteiger partial charge in [-0.25, -0.2) is 13.4 Å². The highest BCUT2D eigenvalue weighted by molar-refractivity contribution is 7.93. The van der Waals surface area contributed by atoms with E-state index in [0.29, 0.717) is 48.0 Å². The quantitative estimate of drug-likeness (QED) is 0.479. The number of rotatable bonds is 9. The second-order valence-electron chi connectivity index (χ2n) is 8.02. The molecule has 0 aliphatic heterocycles. The molecule has 2 N–H and O–H groups in total. The van der Waals surface area contributed by atoms with Crippen molar-refractivity contribution in [3.63, 3.8) is 0 Å². The van der Waals surface area contributed by atoms with Gasteiger partial charge in [0.1, 0.15) is 0 Å². The number of hydrogen-bond acceptors (Lipinski definition) is 7. The van der Waals surface area contributed by atoms with Crippen LogP contribution in [-0.4, -0.2) is 41.1 Å². The first-order valence-corrected chi connectivity index (χ1v) is 12.8. The van der Waals surface area contributed by atoms with E-state index in [4.69, 9.17) is 4.74 Å². The molecule has 0 atom stereocenters. The van der Waals surface area contributed by atoms with E-state index in [1.54, 1.807) is 48.8 Å². The Morgan fingerprint density at radius 1 is 1.12 bits per heavy atom. The predicted molar refractivity (Wildman–Crippen MR) is 129 cm³/mol. The molecule has 9 nitrogen and oxygen atoms in total. The number of pyridine rings is 1. The topological polar surface area (TPSA) is 123 Å². The monoisotopic (exact) mass is 481 g/mol. The van der Waals surface area contributed by atoms with Crippen LogP contribution in [0.25, 0.3) is 11.3 Å². The Bertz CT molecular complexity index is 1240. The number of nitrogens with one attached hydrogen (secondary N) is 2. The Hall–Kier alpha value is -3.53. The Morgan fingerprint density at radius 3 is 2.62 bits per heavy atom. The number of aromatic nitrogens is 3. The highest BCUT2D eigenvalue weighted by Gasteiger charge is 2.28. The van der Waals surface area contributed by atoms with Gasteiger partial charge in [-0.2, -0.15) is 0 Å². The first-order valence-electron chi connectivity index (χ1n) is 11.2. The minimum absolute atomic E-state index is 0.168. The summed E-state index contributed by atoms with van der Waals surface area (Å²) in [5.74, 6) is 0.182. The summed E-state index contributed by atoms with van der Waals surface area (Å²) < 4.78 is 33.1.